The van der Waals surface area contributed by atoms with Crippen LogP contribution in [0.5, 0.6) is 0 Å². The van der Waals surface area contributed by atoms with E-state index < -0.39 is 23.9 Å². The Morgan fingerprint density at radius 1 is 1.19 bits per heavy atom. The summed E-state index contributed by atoms with van der Waals surface area (Å²) in [6.07, 6.45) is 4.42. The van der Waals surface area contributed by atoms with Gasteiger partial charge in [-0.3, -0.25) is 24.4 Å². The van der Waals surface area contributed by atoms with E-state index in [0.29, 0.717) is 23.9 Å². The van der Waals surface area contributed by atoms with E-state index in [1.54, 1.807) is 25.1 Å². The Hall–Kier alpha value is -4.22. The first-order valence-electron chi connectivity index (χ1n) is 12.2. The third-order valence-corrected chi connectivity index (χ3v) is 5.92. The third-order valence-electron chi connectivity index (χ3n) is 5.92. The fourth-order valence-electron chi connectivity index (χ4n) is 3.68. The molecule has 0 aliphatic carbocycles. The van der Waals surface area contributed by atoms with Crippen molar-refractivity contribution >= 4 is 34.8 Å². The molecule has 0 spiro atoms. The van der Waals surface area contributed by atoms with E-state index in [1.165, 1.54) is 6.20 Å². The van der Waals surface area contributed by atoms with Crippen LogP contribution in [0, 0.1) is 0 Å². The number of ether oxygens (including phenoxy) is 1. The summed E-state index contributed by atoms with van der Waals surface area (Å²) in [7, 11) is 0. The predicted octanol–water partition coefficient (Wildman–Crippen LogP) is 2.10. The van der Waals surface area contributed by atoms with Crippen molar-refractivity contribution in [1.29, 1.82) is 0 Å². The Morgan fingerprint density at radius 3 is 2.62 bits per heavy atom. The lowest BCUT2D eigenvalue weighted by Crippen LogP contribution is -2.43. The monoisotopic (exact) mass is 512 g/mol. The van der Waals surface area contributed by atoms with Crippen LogP contribution in [-0.2, 0) is 27.2 Å². The molecular weight excluding hydrogens is 480 g/mol. The smallest absolute Gasteiger partial charge is 0.328 e. The molecule has 6 N–H and O–H groups in total. The van der Waals surface area contributed by atoms with Crippen molar-refractivity contribution in [3.63, 3.8) is 0 Å². The van der Waals surface area contributed by atoms with Crippen LogP contribution in [0.25, 0.3) is 11.0 Å². The number of pyridine rings is 1. The molecule has 0 bridgehead atoms. The second kappa shape index (κ2) is 12.7. The molecule has 0 saturated carbocycles. The van der Waals surface area contributed by atoms with Gasteiger partial charge in [-0.15, -0.1) is 0 Å². The number of nitrogens with two attached hydrogens (primary N) is 1. The molecule has 1 amide bonds. The van der Waals surface area contributed by atoms with E-state index in [-0.39, 0.29) is 36.0 Å². The number of hydrogen-bond donors (Lipinski definition) is 5. The Balaban J connectivity index is 1.51. The minimum absolute atomic E-state index is 0.0657. The number of carboxylic acid groups (broad SMARTS) is 1. The lowest BCUT2D eigenvalue weighted by molar-refractivity contribution is -0.151. The number of nitrogen functional groups attached to an aromatic ring is 1. The van der Waals surface area contributed by atoms with Gasteiger partial charge in [0.05, 0.1) is 17.1 Å². The molecule has 198 valence electrons. The number of unbranched alkanes of at least 4 members (excludes halogenated alkanes) is 1. The number of fused-ring (bicyclic) bond motifs is 1. The van der Waals surface area contributed by atoms with Crippen molar-refractivity contribution in [2.24, 2.45) is 0 Å². The number of carboxylic acids is 1. The van der Waals surface area contributed by atoms with E-state index in [9.17, 15) is 19.2 Å². The Bertz CT molecular complexity index is 1300. The third kappa shape index (κ3) is 7.89. The van der Waals surface area contributed by atoms with Crippen LogP contribution in [0.15, 0.2) is 29.2 Å². The summed E-state index contributed by atoms with van der Waals surface area (Å²) < 4.78 is 5.27. The molecule has 12 heteroatoms. The number of aryl methyl sites for hydroxylation is 2. The van der Waals surface area contributed by atoms with Gasteiger partial charge in [0.15, 0.2) is 0 Å². The van der Waals surface area contributed by atoms with Gasteiger partial charge in [-0.1, -0.05) is 6.92 Å². The molecule has 37 heavy (non-hydrogen) atoms. The predicted molar refractivity (Wildman–Crippen MR) is 136 cm³/mol. The second-order valence-corrected chi connectivity index (χ2v) is 8.87. The minimum atomic E-state index is -1.07. The van der Waals surface area contributed by atoms with Crippen molar-refractivity contribution in [3.05, 3.63) is 51.7 Å². The maximum Gasteiger partial charge on any atom is 0.328 e. The van der Waals surface area contributed by atoms with Gasteiger partial charge in [0, 0.05) is 24.0 Å². The fraction of sp³-hybridized carbons (Fsp3) is 0.440. The van der Waals surface area contributed by atoms with Crippen molar-refractivity contribution in [2.45, 2.75) is 70.9 Å². The number of carbonyl (C=O) groups is 3. The summed E-state index contributed by atoms with van der Waals surface area (Å²) >= 11 is 0. The number of nitrogens with one attached hydrogen (secondary N) is 3. The summed E-state index contributed by atoms with van der Waals surface area (Å²) in [5, 5.41) is 12.0. The average Bonchev–Trinajstić information content (AvgIpc) is 3.27. The normalized spacial score (nSPS) is 12.7. The maximum absolute atomic E-state index is 12.7. The Labute approximate surface area is 213 Å². The van der Waals surface area contributed by atoms with Gasteiger partial charge < -0.3 is 25.9 Å². The maximum atomic E-state index is 12.7. The van der Waals surface area contributed by atoms with Crippen LogP contribution in [0.3, 0.4) is 0 Å². The molecule has 0 fully saturated rings. The summed E-state index contributed by atoms with van der Waals surface area (Å²) in [5.74, 6) is -2.19. The molecule has 3 aromatic rings. The number of aromatic nitrogens is 4. The molecule has 3 heterocycles. The fourth-order valence-corrected chi connectivity index (χ4v) is 3.68. The highest BCUT2D eigenvalue weighted by Crippen LogP contribution is 2.13. The number of aliphatic carboxylic acids is 1. The molecule has 2 atom stereocenters. The largest absolute Gasteiger partial charge is 0.481 e. The van der Waals surface area contributed by atoms with E-state index in [4.69, 9.17) is 15.6 Å². The second-order valence-electron chi connectivity index (χ2n) is 8.87. The topological polar surface area (TPSA) is 193 Å². The van der Waals surface area contributed by atoms with Crippen LogP contribution in [0.2, 0.25) is 0 Å². The zero-order valence-corrected chi connectivity index (χ0v) is 20.9. The number of nitrogens with zero attached hydrogens (tertiary/aromatic N) is 2. The summed E-state index contributed by atoms with van der Waals surface area (Å²) in [6, 6.07) is 4.07. The van der Waals surface area contributed by atoms with Gasteiger partial charge in [0.25, 0.3) is 11.5 Å². The number of H-pyrrole nitrogens is 2. The first kappa shape index (κ1) is 27.4. The van der Waals surface area contributed by atoms with Crippen molar-refractivity contribution in [2.75, 3.05) is 5.73 Å². The van der Waals surface area contributed by atoms with Crippen molar-refractivity contribution in [1.82, 2.24) is 25.3 Å². The molecule has 12 nitrogen and oxygen atoms in total. The molecular formula is C25H32N6O6. The van der Waals surface area contributed by atoms with E-state index in [2.05, 4.69) is 25.3 Å². The highest BCUT2D eigenvalue weighted by molar-refractivity contribution is 5.96. The minimum Gasteiger partial charge on any atom is -0.481 e. The van der Waals surface area contributed by atoms with Crippen LogP contribution in [0.1, 0.15) is 67.7 Å². The summed E-state index contributed by atoms with van der Waals surface area (Å²) in [5.41, 5.74) is 7.71. The Morgan fingerprint density at radius 2 is 1.95 bits per heavy atom. The van der Waals surface area contributed by atoms with E-state index in [0.717, 1.165) is 30.7 Å². The number of carbonyl (C=O) groups excluding carboxylic acids is 2. The number of esters is 1. The van der Waals surface area contributed by atoms with Gasteiger partial charge in [-0.05, 0) is 63.6 Å². The van der Waals surface area contributed by atoms with Gasteiger partial charge in [-0.2, -0.15) is 4.98 Å². The molecule has 3 aromatic heterocycles. The number of amides is 1. The zero-order valence-electron chi connectivity index (χ0n) is 20.9. The highest BCUT2D eigenvalue weighted by atomic mass is 16.5. The lowest BCUT2D eigenvalue weighted by Gasteiger charge is -2.19. The number of anilines is 1. The first-order valence-corrected chi connectivity index (χ1v) is 12.2. The molecule has 0 aromatic carbocycles. The number of aromatic amines is 2. The lowest BCUT2D eigenvalue weighted by atomic mass is 10.1. The van der Waals surface area contributed by atoms with E-state index in [1.807, 2.05) is 6.92 Å². The number of hydrogen-bond acceptors (Lipinski definition) is 8. The zero-order chi connectivity index (χ0) is 26.9. The van der Waals surface area contributed by atoms with Crippen LogP contribution in [0.4, 0.5) is 5.95 Å². The molecule has 0 aliphatic heterocycles. The SMILES string of the molecule is CCC(C)OC(=O)C(CCC(=O)O)NC(=O)c1ccc(CCCCc2cc3c(=O)[nH]c(N)nc3[nH]2)nc1. The first-order chi connectivity index (χ1) is 17.7. The standard InChI is InChI=1S/C25H32N6O6/c1-3-14(2)37-24(36)19(10-11-20(32)33)29-22(34)15-8-9-16(27-13-15)6-4-5-7-17-12-18-21(28-17)30-25(26)31-23(18)35/h8-9,12-14,19H,3-7,10-11H2,1-2H3,(H,29,34)(H,32,33)(H4,26,28,30,31,35). The average molecular weight is 513 g/mol. The highest BCUT2D eigenvalue weighted by Gasteiger charge is 2.25. The number of rotatable bonds is 13. The molecule has 2 unspecified atom stereocenters. The van der Waals surface area contributed by atoms with Crippen LogP contribution < -0.4 is 16.6 Å². The molecule has 0 aliphatic rings. The molecule has 3 rings (SSSR count). The Kier molecular flexibility index (Phi) is 9.36. The van der Waals surface area contributed by atoms with Crippen LogP contribution in [-0.4, -0.2) is 55.0 Å². The molecule has 0 saturated heterocycles. The summed E-state index contributed by atoms with van der Waals surface area (Å²) in [4.78, 5) is 62.0. The van der Waals surface area contributed by atoms with Crippen molar-refractivity contribution < 1.29 is 24.2 Å². The summed E-state index contributed by atoms with van der Waals surface area (Å²) in [6.45, 7) is 3.58. The van der Waals surface area contributed by atoms with Gasteiger partial charge in [0.1, 0.15) is 11.7 Å². The van der Waals surface area contributed by atoms with Gasteiger partial charge in [0.2, 0.25) is 5.95 Å². The van der Waals surface area contributed by atoms with Crippen molar-refractivity contribution in [3.8, 4) is 0 Å². The quantitative estimate of drug-likeness (QED) is 0.168. The van der Waals surface area contributed by atoms with E-state index >= 15 is 0 Å². The molecule has 0 radical (unpaired) electrons. The van der Waals surface area contributed by atoms with Gasteiger partial charge >= 0.3 is 11.9 Å². The van der Waals surface area contributed by atoms with Gasteiger partial charge in [-0.25, -0.2) is 4.79 Å². The van der Waals surface area contributed by atoms with Crippen LogP contribution >= 0.6 is 0 Å².